The van der Waals surface area contributed by atoms with Crippen molar-refractivity contribution < 1.29 is 4.39 Å². The van der Waals surface area contributed by atoms with Crippen molar-refractivity contribution in [2.24, 2.45) is 0 Å². The van der Waals surface area contributed by atoms with Crippen molar-refractivity contribution >= 4 is 28.3 Å². The van der Waals surface area contributed by atoms with Crippen LogP contribution in [0.3, 0.4) is 0 Å². The van der Waals surface area contributed by atoms with E-state index in [0.717, 1.165) is 11.9 Å². The molecule has 0 bridgehead atoms. The SMILES string of the molecule is CC(Cc1ccsc1)n1c(N)nc2c(F)cccc21. The monoisotopic (exact) mass is 275 g/mol. The minimum absolute atomic E-state index is 0.140. The van der Waals surface area contributed by atoms with Gasteiger partial charge in [-0.3, -0.25) is 0 Å². The van der Waals surface area contributed by atoms with Crippen molar-refractivity contribution in [3.05, 3.63) is 46.4 Å². The zero-order chi connectivity index (χ0) is 13.4. The van der Waals surface area contributed by atoms with E-state index in [0.29, 0.717) is 11.5 Å². The van der Waals surface area contributed by atoms with Crippen LogP contribution in [0.1, 0.15) is 18.5 Å². The largest absolute Gasteiger partial charge is 0.369 e. The third-order valence-corrected chi connectivity index (χ3v) is 3.98. The number of nitrogens with zero attached hydrogens (tertiary/aromatic N) is 2. The number of nitrogens with two attached hydrogens (primary N) is 1. The quantitative estimate of drug-likeness (QED) is 0.793. The summed E-state index contributed by atoms with van der Waals surface area (Å²) in [6.07, 6.45) is 0.857. The maximum atomic E-state index is 13.7. The van der Waals surface area contributed by atoms with E-state index < -0.39 is 0 Å². The summed E-state index contributed by atoms with van der Waals surface area (Å²) in [5.41, 5.74) is 8.29. The van der Waals surface area contributed by atoms with E-state index in [-0.39, 0.29) is 11.9 Å². The zero-order valence-corrected chi connectivity index (χ0v) is 11.3. The zero-order valence-electron chi connectivity index (χ0n) is 10.5. The molecule has 0 fully saturated rings. The highest BCUT2D eigenvalue weighted by molar-refractivity contribution is 7.07. The highest BCUT2D eigenvalue weighted by atomic mass is 32.1. The van der Waals surface area contributed by atoms with Crippen molar-refractivity contribution in [3.8, 4) is 0 Å². The van der Waals surface area contributed by atoms with Crippen molar-refractivity contribution in [1.29, 1.82) is 0 Å². The molecule has 3 nitrogen and oxygen atoms in total. The highest BCUT2D eigenvalue weighted by Gasteiger charge is 2.16. The molecule has 0 aliphatic heterocycles. The number of hydrogen-bond acceptors (Lipinski definition) is 3. The van der Waals surface area contributed by atoms with Crippen molar-refractivity contribution in [3.63, 3.8) is 0 Å². The summed E-state index contributed by atoms with van der Waals surface area (Å²) in [6, 6.07) is 7.18. The summed E-state index contributed by atoms with van der Waals surface area (Å²) in [6.45, 7) is 2.07. The van der Waals surface area contributed by atoms with Crippen LogP contribution in [0.15, 0.2) is 35.0 Å². The van der Waals surface area contributed by atoms with Gasteiger partial charge in [0, 0.05) is 6.04 Å². The van der Waals surface area contributed by atoms with E-state index in [1.54, 1.807) is 17.4 Å². The van der Waals surface area contributed by atoms with Crippen LogP contribution >= 0.6 is 11.3 Å². The fraction of sp³-hybridized carbons (Fsp3) is 0.214. The second-order valence-corrected chi connectivity index (χ2v) is 5.41. The van der Waals surface area contributed by atoms with Gasteiger partial charge in [0.05, 0.1) is 5.52 Å². The standard InChI is InChI=1S/C14H14FN3S/c1-9(7-10-5-6-19-8-10)18-12-4-2-3-11(15)13(12)17-14(18)16/h2-6,8-9H,7H2,1H3,(H2,16,17). The molecule has 2 aromatic heterocycles. The van der Waals surface area contributed by atoms with Crippen molar-refractivity contribution in [2.45, 2.75) is 19.4 Å². The summed E-state index contributed by atoms with van der Waals surface area (Å²) < 4.78 is 15.6. The van der Waals surface area contributed by atoms with E-state index in [1.807, 2.05) is 10.6 Å². The van der Waals surface area contributed by atoms with Gasteiger partial charge < -0.3 is 10.3 Å². The van der Waals surface area contributed by atoms with Gasteiger partial charge >= 0.3 is 0 Å². The van der Waals surface area contributed by atoms with Crippen LogP contribution in [-0.2, 0) is 6.42 Å². The molecule has 98 valence electrons. The van der Waals surface area contributed by atoms with Gasteiger partial charge in [0.1, 0.15) is 5.52 Å². The predicted octanol–water partition coefficient (Wildman–Crippen LogP) is 3.62. The number of benzene rings is 1. The van der Waals surface area contributed by atoms with E-state index in [4.69, 9.17) is 5.73 Å². The average Bonchev–Trinajstić information content (AvgIpc) is 2.96. The molecule has 0 saturated heterocycles. The first-order chi connectivity index (χ1) is 9.16. The highest BCUT2D eigenvalue weighted by Crippen LogP contribution is 2.26. The molecule has 0 saturated carbocycles. The Bertz CT molecular complexity index is 703. The molecule has 19 heavy (non-hydrogen) atoms. The number of para-hydroxylation sites is 1. The molecule has 0 aliphatic rings. The fourth-order valence-corrected chi connectivity index (χ4v) is 3.09. The second-order valence-electron chi connectivity index (χ2n) is 4.63. The Labute approximate surface area is 114 Å². The third-order valence-electron chi connectivity index (χ3n) is 3.25. The van der Waals surface area contributed by atoms with Crippen LogP contribution in [0.5, 0.6) is 0 Å². The molecule has 0 amide bonds. The molecule has 0 spiro atoms. The minimum Gasteiger partial charge on any atom is -0.369 e. The first-order valence-corrected chi connectivity index (χ1v) is 7.04. The molecule has 5 heteroatoms. The number of fused-ring (bicyclic) bond motifs is 1. The number of halogens is 1. The maximum Gasteiger partial charge on any atom is 0.201 e. The Morgan fingerprint density at radius 2 is 2.26 bits per heavy atom. The molecule has 3 aromatic rings. The van der Waals surface area contributed by atoms with Crippen molar-refractivity contribution in [2.75, 3.05) is 5.73 Å². The lowest BCUT2D eigenvalue weighted by Gasteiger charge is -2.15. The van der Waals surface area contributed by atoms with Gasteiger partial charge in [0.2, 0.25) is 5.95 Å². The van der Waals surface area contributed by atoms with Gasteiger partial charge in [0.25, 0.3) is 0 Å². The lowest BCUT2D eigenvalue weighted by atomic mass is 10.1. The normalized spacial score (nSPS) is 12.9. The Morgan fingerprint density at radius 1 is 1.42 bits per heavy atom. The van der Waals surface area contributed by atoms with Crippen LogP contribution < -0.4 is 5.73 Å². The number of nitrogen functional groups attached to an aromatic ring is 1. The topological polar surface area (TPSA) is 43.8 Å². The van der Waals surface area contributed by atoms with Crippen LogP contribution in [0, 0.1) is 5.82 Å². The van der Waals surface area contributed by atoms with Gasteiger partial charge in [-0.05, 0) is 47.9 Å². The molecule has 2 heterocycles. The number of aromatic nitrogens is 2. The Kier molecular flexibility index (Phi) is 2.98. The van der Waals surface area contributed by atoms with Crippen LogP contribution in [0.4, 0.5) is 10.3 Å². The summed E-state index contributed by atoms with van der Waals surface area (Å²) in [5.74, 6) is 0.0357. The van der Waals surface area contributed by atoms with Gasteiger partial charge in [-0.1, -0.05) is 6.07 Å². The Morgan fingerprint density at radius 3 is 3.00 bits per heavy atom. The first-order valence-electron chi connectivity index (χ1n) is 6.10. The van der Waals surface area contributed by atoms with Gasteiger partial charge in [-0.2, -0.15) is 11.3 Å². The lowest BCUT2D eigenvalue weighted by Crippen LogP contribution is -2.11. The number of hydrogen-bond donors (Lipinski definition) is 1. The summed E-state index contributed by atoms with van der Waals surface area (Å²) in [5, 5.41) is 4.17. The average molecular weight is 275 g/mol. The molecule has 0 radical (unpaired) electrons. The van der Waals surface area contributed by atoms with Crippen LogP contribution in [-0.4, -0.2) is 9.55 Å². The molecule has 1 aromatic carbocycles. The predicted molar refractivity (Wildman–Crippen MR) is 76.8 cm³/mol. The fourth-order valence-electron chi connectivity index (χ4n) is 2.41. The number of anilines is 1. The van der Waals surface area contributed by atoms with Gasteiger partial charge in [-0.25, -0.2) is 9.37 Å². The minimum atomic E-state index is -0.328. The summed E-state index contributed by atoms with van der Waals surface area (Å²) in [4.78, 5) is 4.13. The Hall–Kier alpha value is -1.88. The van der Waals surface area contributed by atoms with Crippen LogP contribution in [0.25, 0.3) is 11.0 Å². The van der Waals surface area contributed by atoms with Crippen LogP contribution in [0.2, 0.25) is 0 Å². The molecule has 2 N–H and O–H groups in total. The second kappa shape index (κ2) is 4.66. The molecular formula is C14H14FN3S. The summed E-state index contributed by atoms with van der Waals surface area (Å²) >= 11 is 1.67. The summed E-state index contributed by atoms with van der Waals surface area (Å²) in [7, 11) is 0. The van der Waals surface area contributed by atoms with Gasteiger partial charge in [-0.15, -0.1) is 0 Å². The maximum absolute atomic E-state index is 13.7. The molecule has 3 rings (SSSR count). The number of imidazole rings is 1. The van der Waals surface area contributed by atoms with Gasteiger partial charge in [0.15, 0.2) is 5.82 Å². The molecular weight excluding hydrogens is 261 g/mol. The van der Waals surface area contributed by atoms with E-state index in [9.17, 15) is 4.39 Å². The lowest BCUT2D eigenvalue weighted by molar-refractivity contribution is 0.567. The van der Waals surface area contributed by atoms with E-state index >= 15 is 0 Å². The Balaban J connectivity index is 2.04. The van der Waals surface area contributed by atoms with Crippen molar-refractivity contribution in [1.82, 2.24) is 9.55 Å². The van der Waals surface area contributed by atoms with E-state index in [2.05, 4.69) is 28.7 Å². The number of thiophene rings is 1. The smallest absolute Gasteiger partial charge is 0.201 e. The third kappa shape index (κ3) is 2.10. The number of rotatable bonds is 3. The molecule has 1 atom stereocenters. The first kappa shape index (κ1) is 12.2. The molecule has 1 unspecified atom stereocenters. The molecule has 0 aliphatic carbocycles. The van der Waals surface area contributed by atoms with E-state index in [1.165, 1.54) is 11.6 Å².